The fourth-order valence-corrected chi connectivity index (χ4v) is 5.26. The van der Waals surface area contributed by atoms with Gasteiger partial charge in [0.2, 0.25) is 0 Å². The molecule has 5 aromatic rings. The van der Waals surface area contributed by atoms with Crippen molar-refractivity contribution in [3.8, 4) is 11.5 Å². The first kappa shape index (κ1) is 23.7. The summed E-state index contributed by atoms with van der Waals surface area (Å²) in [7, 11) is 0. The zero-order valence-corrected chi connectivity index (χ0v) is 20.8. The number of hydrogen-bond donors (Lipinski definition) is 2. The average Bonchev–Trinajstić information content (AvgIpc) is 3.60. The van der Waals surface area contributed by atoms with Gasteiger partial charge in [-0.15, -0.1) is 11.3 Å². The van der Waals surface area contributed by atoms with Gasteiger partial charge in [-0.1, -0.05) is 42.5 Å². The number of ether oxygens (including phenoxy) is 2. The summed E-state index contributed by atoms with van der Waals surface area (Å²) < 4.78 is 13.6. The third-order valence-electron chi connectivity index (χ3n) is 6.26. The maximum absolute atomic E-state index is 12.9. The Morgan fingerprint density at radius 1 is 1.08 bits per heavy atom. The number of nitrogens with one attached hydrogen (secondary N) is 1. The largest absolute Gasteiger partial charge is 0.485 e. The van der Waals surface area contributed by atoms with Crippen molar-refractivity contribution in [2.75, 3.05) is 11.9 Å². The molecule has 9 nitrogen and oxygen atoms in total. The van der Waals surface area contributed by atoms with E-state index in [0.717, 1.165) is 11.1 Å². The van der Waals surface area contributed by atoms with Crippen LogP contribution in [0.1, 0.15) is 39.6 Å². The molecule has 0 fully saturated rings. The Morgan fingerprint density at radius 2 is 1.87 bits per heavy atom. The highest BCUT2D eigenvalue weighted by molar-refractivity contribution is 7.09. The van der Waals surface area contributed by atoms with E-state index in [2.05, 4.69) is 15.3 Å². The number of rotatable bonds is 7. The summed E-state index contributed by atoms with van der Waals surface area (Å²) in [5.41, 5.74) is 3.12. The molecule has 6 rings (SSSR count). The summed E-state index contributed by atoms with van der Waals surface area (Å²) in [5, 5.41) is 14.7. The van der Waals surface area contributed by atoms with Gasteiger partial charge in [-0.3, -0.25) is 9.59 Å². The number of aromatic nitrogens is 3. The normalized spacial score (nSPS) is 15.2. The van der Waals surface area contributed by atoms with Crippen molar-refractivity contribution in [1.82, 2.24) is 14.5 Å². The van der Waals surface area contributed by atoms with Gasteiger partial charge in [0, 0.05) is 11.1 Å². The first-order valence-electron chi connectivity index (χ1n) is 11.9. The summed E-state index contributed by atoms with van der Waals surface area (Å²) in [5.74, 6) is 0.0859. The molecular formula is C28H22N4O5S. The first-order valence-corrected chi connectivity index (χ1v) is 12.8. The number of anilines is 1. The number of thiazole rings is 1. The second kappa shape index (κ2) is 9.98. The molecule has 1 aliphatic rings. The number of para-hydroxylation sites is 2. The number of aliphatic carboxylic acids is 1. The van der Waals surface area contributed by atoms with Gasteiger partial charge >= 0.3 is 5.97 Å². The van der Waals surface area contributed by atoms with Crippen LogP contribution in [0.25, 0.3) is 11.0 Å². The van der Waals surface area contributed by atoms with E-state index in [9.17, 15) is 14.7 Å². The molecule has 3 heterocycles. The number of carboxylic acids is 1. The lowest BCUT2D eigenvalue weighted by molar-refractivity contribution is -0.137. The van der Waals surface area contributed by atoms with Crippen LogP contribution in [0.15, 0.2) is 84.5 Å². The molecule has 38 heavy (non-hydrogen) atoms. The minimum atomic E-state index is -0.901. The van der Waals surface area contributed by atoms with E-state index >= 15 is 0 Å². The average molecular weight is 527 g/mol. The highest BCUT2D eigenvalue weighted by atomic mass is 32.1. The summed E-state index contributed by atoms with van der Waals surface area (Å²) in [6.07, 6.45) is 1.16. The Bertz CT molecular complexity index is 1630. The Kier molecular flexibility index (Phi) is 6.22. The molecule has 1 amide bonds. The van der Waals surface area contributed by atoms with Crippen LogP contribution in [-0.2, 0) is 4.79 Å². The van der Waals surface area contributed by atoms with Crippen LogP contribution in [0, 0.1) is 0 Å². The molecular weight excluding hydrogens is 504 g/mol. The molecule has 2 unspecified atom stereocenters. The second-order valence-electron chi connectivity index (χ2n) is 8.77. The molecule has 0 saturated carbocycles. The Labute approximate surface area is 221 Å². The Hall–Kier alpha value is -4.70. The lowest BCUT2D eigenvalue weighted by Crippen LogP contribution is -2.21. The van der Waals surface area contributed by atoms with Crippen molar-refractivity contribution < 1.29 is 24.2 Å². The second-order valence-corrected chi connectivity index (χ2v) is 9.66. The minimum absolute atomic E-state index is 0.0819. The topological polar surface area (TPSA) is 116 Å². The molecule has 1 aliphatic heterocycles. The molecule has 190 valence electrons. The van der Waals surface area contributed by atoms with E-state index in [1.165, 1.54) is 11.3 Å². The smallest absolute Gasteiger partial charge is 0.305 e. The maximum atomic E-state index is 12.9. The van der Waals surface area contributed by atoms with E-state index in [1.54, 1.807) is 23.8 Å². The Balaban J connectivity index is 1.19. The SMILES string of the molecule is O=C(O)CC(c1ccccc1)n1cnc2cc(NC(=O)c3csc(C4COc5ccccc5O4)n3)ccc21. The number of imidazole rings is 1. The summed E-state index contributed by atoms with van der Waals surface area (Å²) in [6, 6.07) is 21.8. The lowest BCUT2D eigenvalue weighted by Gasteiger charge is -2.24. The third kappa shape index (κ3) is 4.69. The third-order valence-corrected chi connectivity index (χ3v) is 7.20. The molecule has 0 radical (unpaired) electrons. The fourth-order valence-electron chi connectivity index (χ4n) is 4.45. The number of benzene rings is 3. The monoisotopic (exact) mass is 526 g/mol. The van der Waals surface area contributed by atoms with E-state index in [0.29, 0.717) is 34.3 Å². The zero-order chi connectivity index (χ0) is 26.1. The standard InChI is InChI=1S/C28H22N4O5S/c33-26(34)13-22(17-6-2-1-3-7-17)32-16-29-19-12-18(10-11-21(19)32)30-27(35)20-15-38-28(31-20)25-14-36-23-8-4-5-9-24(23)37-25/h1-12,15-16,22,25H,13-14H2,(H,30,35)(H,33,34). The van der Waals surface area contributed by atoms with Gasteiger partial charge in [0.15, 0.2) is 17.6 Å². The predicted molar refractivity (Wildman–Crippen MR) is 142 cm³/mol. The highest BCUT2D eigenvalue weighted by Gasteiger charge is 2.26. The first-order chi connectivity index (χ1) is 18.5. The molecule has 0 bridgehead atoms. The van der Waals surface area contributed by atoms with E-state index in [4.69, 9.17) is 9.47 Å². The van der Waals surface area contributed by atoms with Gasteiger partial charge < -0.3 is 24.5 Å². The number of hydrogen-bond acceptors (Lipinski definition) is 7. The van der Waals surface area contributed by atoms with Crippen molar-refractivity contribution in [3.63, 3.8) is 0 Å². The van der Waals surface area contributed by atoms with Crippen LogP contribution in [0.2, 0.25) is 0 Å². The number of carbonyl (C=O) groups excluding carboxylic acids is 1. The molecule has 2 atom stereocenters. The molecule has 0 spiro atoms. The summed E-state index contributed by atoms with van der Waals surface area (Å²) in [6.45, 7) is 0.316. The molecule has 10 heteroatoms. The van der Waals surface area contributed by atoms with Crippen LogP contribution in [0.4, 0.5) is 5.69 Å². The minimum Gasteiger partial charge on any atom is -0.485 e. The van der Waals surface area contributed by atoms with E-state index in [1.807, 2.05) is 65.2 Å². The van der Waals surface area contributed by atoms with Crippen molar-refractivity contribution in [3.05, 3.63) is 101 Å². The van der Waals surface area contributed by atoms with Crippen LogP contribution < -0.4 is 14.8 Å². The van der Waals surface area contributed by atoms with Gasteiger partial charge in [0.25, 0.3) is 5.91 Å². The van der Waals surface area contributed by atoms with Crippen LogP contribution in [-0.4, -0.2) is 38.1 Å². The van der Waals surface area contributed by atoms with Crippen LogP contribution >= 0.6 is 11.3 Å². The number of fused-ring (bicyclic) bond motifs is 2. The van der Waals surface area contributed by atoms with E-state index in [-0.39, 0.29) is 24.1 Å². The van der Waals surface area contributed by atoms with Gasteiger partial charge in [-0.2, -0.15) is 0 Å². The number of amides is 1. The van der Waals surface area contributed by atoms with Gasteiger partial charge in [0.1, 0.15) is 17.3 Å². The van der Waals surface area contributed by atoms with Crippen molar-refractivity contribution in [2.45, 2.75) is 18.6 Å². The summed E-state index contributed by atoms with van der Waals surface area (Å²) in [4.78, 5) is 33.5. The molecule has 0 aliphatic carbocycles. The van der Waals surface area contributed by atoms with Gasteiger partial charge in [-0.25, -0.2) is 9.97 Å². The molecule has 0 saturated heterocycles. The molecule has 3 aromatic carbocycles. The van der Waals surface area contributed by atoms with Crippen molar-refractivity contribution in [1.29, 1.82) is 0 Å². The fraction of sp³-hybridized carbons (Fsp3) is 0.143. The lowest BCUT2D eigenvalue weighted by atomic mass is 10.0. The highest BCUT2D eigenvalue weighted by Crippen LogP contribution is 2.36. The van der Waals surface area contributed by atoms with Crippen molar-refractivity contribution in [2.24, 2.45) is 0 Å². The Morgan fingerprint density at radius 3 is 2.68 bits per heavy atom. The molecule has 2 aromatic heterocycles. The van der Waals surface area contributed by atoms with Gasteiger partial charge in [-0.05, 0) is 35.9 Å². The maximum Gasteiger partial charge on any atom is 0.305 e. The summed E-state index contributed by atoms with van der Waals surface area (Å²) >= 11 is 1.34. The predicted octanol–water partition coefficient (Wildman–Crippen LogP) is 5.32. The zero-order valence-electron chi connectivity index (χ0n) is 20.0. The van der Waals surface area contributed by atoms with Crippen molar-refractivity contribution >= 4 is 39.9 Å². The number of carbonyl (C=O) groups is 2. The number of carboxylic acid groups (broad SMARTS) is 1. The number of nitrogens with zero attached hydrogens (tertiary/aromatic N) is 3. The van der Waals surface area contributed by atoms with Crippen LogP contribution in [0.5, 0.6) is 11.5 Å². The molecule has 2 N–H and O–H groups in total. The quantitative estimate of drug-likeness (QED) is 0.295. The van der Waals surface area contributed by atoms with Crippen LogP contribution in [0.3, 0.4) is 0 Å². The van der Waals surface area contributed by atoms with E-state index < -0.39 is 12.0 Å². The van der Waals surface area contributed by atoms with Gasteiger partial charge in [0.05, 0.1) is 29.8 Å².